The van der Waals surface area contributed by atoms with E-state index in [1.54, 1.807) is 0 Å². The van der Waals surface area contributed by atoms with Gasteiger partial charge in [-0.25, -0.2) is 0 Å². The molecular weight excluding hydrogens is 194 g/mol. The molecule has 14 heavy (non-hydrogen) atoms. The third-order valence-electron chi connectivity index (χ3n) is 2.26. The van der Waals surface area contributed by atoms with Gasteiger partial charge in [-0.3, -0.25) is 0 Å². The summed E-state index contributed by atoms with van der Waals surface area (Å²) in [6.07, 6.45) is 2.49. The van der Waals surface area contributed by atoms with Gasteiger partial charge in [-0.2, -0.15) is 0 Å². The lowest BCUT2D eigenvalue weighted by Gasteiger charge is -2.05. The van der Waals surface area contributed by atoms with Crippen molar-refractivity contribution < 1.29 is 0 Å². The van der Waals surface area contributed by atoms with Crippen LogP contribution in [0.15, 0.2) is 18.2 Å². The summed E-state index contributed by atoms with van der Waals surface area (Å²) in [4.78, 5) is 0. The van der Waals surface area contributed by atoms with Crippen molar-refractivity contribution in [2.45, 2.75) is 33.2 Å². The quantitative estimate of drug-likeness (QED) is 0.735. The zero-order valence-electron chi connectivity index (χ0n) is 8.94. The van der Waals surface area contributed by atoms with Crippen LogP contribution in [0.2, 0.25) is 5.02 Å². The molecule has 1 N–H and O–H groups in total. The third kappa shape index (κ3) is 3.69. The van der Waals surface area contributed by atoms with Crippen molar-refractivity contribution in [2.75, 3.05) is 6.54 Å². The second-order valence-corrected chi connectivity index (χ2v) is 4.02. The maximum Gasteiger partial charge on any atom is 0.0435 e. The molecule has 0 unspecified atom stereocenters. The lowest BCUT2D eigenvalue weighted by molar-refractivity contribution is 0.641. The van der Waals surface area contributed by atoms with E-state index in [2.05, 4.69) is 24.4 Å². The van der Waals surface area contributed by atoms with Crippen molar-refractivity contribution in [2.24, 2.45) is 0 Å². The van der Waals surface area contributed by atoms with Crippen molar-refractivity contribution in [3.8, 4) is 0 Å². The van der Waals surface area contributed by atoms with Gasteiger partial charge >= 0.3 is 0 Å². The zero-order valence-corrected chi connectivity index (χ0v) is 9.69. The van der Waals surface area contributed by atoms with E-state index in [1.165, 1.54) is 18.4 Å². The number of rotatable bonds is 5. The maximum atomic E-state index is 5.94. The fourth-order valence-corrected chi connectivity index (χ4v) is 1.47. The minimum absolute atomic E-state index is 0.849. The number of unbranched alkanes of at least 4 members (excludes halogenated alkanes) is 1. The summed E-state index contributed by atoms with van der Waals surface area (Å²) in [6, 6.07) is 6.18. The van der Waals surface area contributed by atoms with E-state index < -0.39 is 0 Å². The average molecular weight is 212 g/mol. The fourth-order valence-electron chi connectivity index (χ4n) is 1.35. The smallest absolute Gasteiger partial charge is 0.0435 e. The second kappa shape index (κ2) is 6.05. The summed E-state index contributed by atoms with van der Waals surface area (Å²) in [5, 5.41) is 4.26. The van der Waals surface area contributed by atoms with Gasteiger partial charge in [0.15, 0.2) is 0 Å². The molecule has 1 aromatic carbocycles. The number of hydrogen-bond acceptors (Lipinski definition) is 1. The number of halogens is 1. The van der Waals surface area contributed by atoms with E-state index in [4.69, 9.17) is 11.6 Å². The standard InChI is InChI=1S/C12H18ClN/c1-3-4-7-14-9-11-5-6-12(13)10(2)8-11/h5-6,8,14H,3-4,7,9H2,1-2H3. The molecule has 0 saturated carbocycles. The van der Waals surface area contributed by atoms with Crippen LogP contribution in [0.25, 0.3) is 0 Å². The normalized spacial score (nSPS) is 10.5. The van der Waals surface area contributed by atoms with Crippen LogP contribution in [0.1, 0.15) is 30.9 Å². The van der Waals surface area contributed by atoms with Gasteiger partial charge < -0.3 is 5.32 Å². The predicted octanol–water partition coefficient (Wildman–Crippen LogP) is 3.54. The van der Waals surface area contributed by atoms with Gasteiger partial charge in [-0.15, -0.1) is 0 Å². The van der Waals surface area contributed by atoms with Crippen molar-refractivity contribution in [1.29, 1.82) is 0 Å². The molecule has 0 atom stereocenters. The highest BCUT2D eigenvalue weighted by atomic mass is 35.5. The molecule has 2 heteroatoms. The molecular formula is C12H18ClN. The molecule has 0 bridgehead atoms. The maximum absolute atomic E-state index is 5.94. The Kier molecular flexibility index (Phi) is 4.99. The molecule has 0 aromatic heterocycles. The second-order valence-electron chi connectivity index (χ2n) is 3.61. The molecule has 78 valence electrons. The van der Waals surface area contributed by atoms with E-state index >= 15 is 0 Å². The highest BCUT2D eigenvalue weighted by molar-refractivity contribution is 6.31. The summed E-state index contributed by atoms with van der Waals surface area (Å²) in [6.45, 7) is 6.28. The molecule has 0 amide bonds. The first-order valence-corrected chi connectivity index (χ1v) is 5.57. The van der Waals surface area contributed by atoms with E-state index in [0.29, 0.717) is 0 Å². The molecule has 0 heterocycles. The molecule has 0 aliphatic rings. The van der Waals surface area contributed by atoms with Crippen LogP contribution in [0.5, 0.6) is 0 Å². The van der Waals surface area contributed by atoms with Crippen LogP contribution in [0.3, 0.4) is 0 Å². The first kappa shape index (κ1) is 11.5. The fraction of sp³-hybridized carbons (Fsp3) is 0.500. The molecule has 0 aliphatic carbocycles. The monoisotopic (exact) mass is 211 g/mol. The molecule has 0 fully saturated rings. The van der Waals surface area contributed by atoms with Gasteiger partial charge in [-0.1, -0.05) is 37.1 Å². The topological polar surface area (TPSA) is 12.0 Å². The van der Waals surface area contributed by atoms with Crippen LogP contribution in [0.4, 0.5) is 0 Å². The van der Waals surface area contributed by atoms with Crippen molar-refractivity contribution in [3.05, 3.63) is 34.3 Å². The summed E-state index contributed by atoms with van der Waals surface area (Å²) in [5.74, 6) is 0. The van der Waals surface area contributed by atoms with Gasteiger partial charge in [0, 0.05) is 11.6 Å². The Morgan fingerprint density at radius 2 is 2.14 bits per heavy atom. The lowest BCUT2D eigenvalue weighted by Crippen LogP contribution is -2.14. The molecule has 1 rings (SSSR count). The average Bonchev–Trinajstić information content (AvgIpc) is 2.18. The highest BCUT2D eigenvalue weighted by Crippen LogP contribution is 2.15. The molecule has 1 aromatic rings. The van der Waals surface area contributed by atoms with Crippen LogP contribution < -0.4 is 5.32 Å². The van der Waals surface area contributed by atoms with Crippen molar-refractivity contribution in [1.82, 2.24) is 5.32 Å². The Labute approximate surface area is 91.5 Å². The Bertz CT molecular complexity index is 284. The Morgan fingerprint density at radius 3 is 2.79 bits per heavy atom. The van der Waals surface area contributed by atoms with Crippen LogP contribution >= 0.6 is 11.6 Å². The van der Waals surface area contributed by atoms with Gasteiger partial charge in [-0.05, 0) is 37.1 Å². The summed E-state index contributed by atoms with van der Waals surface area (Å²) in [5.41, 5.74) is 2.46. The van der Waals surface area contributed by atoms with E-state index in [0.717, 1.165) is 23.7 Å². The minimum atomic E-state index is 0.849. The van der Waals surface area contributed by atoms with Crippen molar-refractivity contribution in [3.63, 3.8) is 0 Å². The summed E-state index contributed by atoms with van der Waals surface area (Å²) >= 11 is 5.94. The first-order chi connectivity index (χ1) is 6.74. The number of aryl methyl sites for hydroxylation is 1. The van der Waals surface area contributed by atoms with Crippen molar-refractivity contribution >= 4 is 11.6 Å². The third-order valence-corrected chi connectivity index (χ3v) is 2.68. The van der Waals surface area contributed by atoms with Gasteiger partial charge in [0.05, 0.1) is 0 Å². The summed E-state index contributed by atoms with van der Waals surface area (Å²) < 4.78 is 0. The molecule has 0 spiro atoms. The minimum Gasteiger partial charge on any atom is -0.313 e. The number of nitrogens with one attached hydrogen (secondary N) is 1. The Hall–Kier alpha value is -0.530. The van der Waals surface area contributed by atoms with Crippen LogP contribution in [-0.2, 0) is 6.54 Å². The molecule has 1 nitrogen and oxygen atoms in total. The van der Waals surface area contributed by atoms with E-state index in [-0.39, 0.29) is 0 Å². The Balaban J connectivity index is 2.39. The van der Waals surface area contributed by atoms with Gasteiger partial charge in [0.25, 0.3) is 0 Å². The first-order valence-electron chi connectivity index (χ1n) is 5.19. The largest absolute Gasteiger partial charge is 0.313 e. The number of hydrogen-bond donors (Lipinski definition) is 1. The van der Waals surface area contributed by atoms with Gasteiger partial charge in [0.2, 0.25) is 0 Å². The lowest BCUT2D eigenvalue weighted by atomic mass is 10.1. The zero-order chi connectivity index (χ0) is 10.4. The summed E-state index contributed by atoms with van der Waals surface area (Å²) in [7, 11) is 0. The molecule has 0 saturated heterocycles. The van der Waals surface area contributed by atoms with Crippen LogP contribution in [-0.4, -0.2) is 6.54 Å². The van der Waals surface area contributed by atoms with E-state index in [9.17, 15) is 0 Å². The van der Waals surface area contributed by atoms with Gasteiger partial charge in [0.1, 0.15) is 0 Å². The van der Waals surface area contributed by atoms with Crippen LogP contribution in [0, 0.1) is 6.92 Å². The number of benzene rings is 1. The highest BCUT2D eigenvalue weighted by Gasteiger charge is 1.96. The predicted molar refractivity (Wildman–Crippen MR) is 62.8 cm³/mol. The SMILES string of the molecule is CCCCNCc1ccc(Cl)c(C)c1. The Morgan fingerprint density at radius 1 is 1.36 bits per heavy atom. The molecule has 0 radical (unpaired) electrons. The molecule has 0 aliphatic heterocycles. The van der Waals surface area contributed by atoms with E-state index in [1.807, 2.05) is 13.0 Å².